The first-order valence-corrected chi connectivity index (χ1v) is 5.92. The lowest BCUT2D eigenvalue weighted by molar-refractivity contribution is 0.956. The highest BCUT2D eigenvalue weighted by Crippen LogP contribution is 2.30. The van der Waals surface area contributed by atoms with E-state index in [-0.39, 0.29) is 0 Å². The topological polar surface area (TPSA) is 67.1 Å². The SMILES string of the molecule is CN1CCc2cc(-c3nccc(NN)n3)ccc21. The number of nitrogens with two attached hydrogens (primary N) is 1. The van der Waals surface area contributed by atoms with Crippen molar-refractivity contribution in [2.24, 2.45) is 5.84 Å². The van der Waals surface area contributed by atoms with Crippen LogP contribution in [0.25, 0.3) is 11.4 Å². The summed E-state index contributed by atoms with van der Waals surface area (Å²) in [5.74, 6) is 6.68. The molecule has 2 heterocycles. The Morgan fingerprint density at radius 2 is 2.22 bits per heavy atom. The minimum absolute atomic E-state index is 0.623. The van der Waals surface area contributed by atoms with Gasteiger partial charge in [0.25, 0.3) is 0 Å². The van der Waals surface area contributed by atoms with E-state index in [1.54, 1.807) is 12.3 Å². The zero-order chi connectivity index (χ0) is 12.5. The molecule has 1 aliphatic heterocycles. The number of hydrogen-bond acceptors (Lipinski definition) is 5. The fraction of sp³-hybridized carbons (Fsp3) is 0.231. The summed E-state index contributed by atoms with van der Waals surface area (Å²) in [4.78, 5) is 10.9. The van der Waals surface area contributed by atoms with E-state index < -0.39 is 0 Å². The van der Waals surface area contributed by atoms with Crippen molar-refractivity contribution in [3.05, 3.63) is 36.0 Å². The molecule has 0 saturated carbocycles. The molecule has 2 aromatic rings. The highest BCUT2D eigenvalue weighted by atomic mass is 15.3. The molecular weight excluding hydrogens is 226 g/mol. The number of rotatable bonds is 2. The second-order valence-electron chi connectivity index (χ2n) is 4.42. The van der Waals surface area contributed by atoms with Crippen LogP contribution in [0.5, 0.6) is 0 Å². The molecule has 5 nitrogen and oxygen atoms in total. The lowest BCUT2D eigenvalue weighted by Gasteiger charge is -2.12. The maximum absolute atomic E-state index is 5.36. The van der Waals surface area contributed by atoms with E-state index in [0.29, 0.717) is 11.6 Å². The van der Waals surface area contributed by atoms with Gasteiger partial charge in [0.2, 0.25) is 0 Å². The molecule has 5 heteroatoms. The van der Waals surface area contributed by atoms with E-state index in [1.165, 1.54) is 11.3 Å². The van der Waals surface area contributed by atoms with Crippen molar-refractivity contribution in [3.8, 4) is 11.4 Å². The summed E-state index contributed by atoms with van der Waals surface area (Å²) in [6.07, 6.45) is 2.78. The van der Waals surface area contributed by atoms with E-state index in [4.69, 9.17) is 5.84 Å². The summed E-state index contributed by atoms with van der Waals surface area (Å²) in [5.41, 5.74) is 6.22. The lowest BCUT2D eigenvalue weighted by atomic mass is 10.1. The molecule has 0 unspecified atom stereocenters. The summed E-state index contributed by atoms with van der Waals surface area (Å²) in [6.45, 7) is 1.07. The summed E-state index contributed by atoms with van der Waals surface area (Å²) >= 11 is 0. The van der Waals surface area contributed by atoms with Crippen LogP contribution in [0.15, 0.2) is 30.5 Å². The first-order chi connectivity index (χ1) is 8.78. The largest absolute Gasteiger partial charge is 0.374 e. The predicted octanol–water partition coefficient (Wildman–Crippen LogP) is 1.42. The van der Waals surface area contributed by atoms with Gasteiger partial charge in [-0.15, -0.1) is 0 Å². The van der Waals surface area contributed by atoms with Crippen molar-refractivity contribution in [2.45, 2.75) is 6.42 Å². The van der Waals surface area contributed by atoms with Crippen LogP contribution in [0.3, 0.4) is 0 Å². The van der Waals surface area contributed by atoms with Crippen LogP contribution in [0, 0.1) is 0 Å². The van der Waals surface area contributed by atoms with Gasteiger partial charge < -0.3 is 10.3 Å². The molecule has 92 valence electrons. The predicted molar refractivity (Wildman–Crippen MR) is 72.3 cm³/mol. The molecule has 1 aromatic heterocycles. The number of nitrogens with zero attached hydrogens (tertiary/aromatic N) is 3. The second kappa shape index (κ2) is 4.27. The van der Waals surface area contributed by atoms with E-state index in [0.717, 1.165) is 18.5 Å². The molecule has 0 amide bonds. The van der Waals surface area contributed by atoms with Crippen molar-refractivity contribution in [2.75, 3.05) is 23.9 Å². The summed E-state index contributed by atoms with van der Waals surface area (Å²) in [6, 6.07) is 8.08. The van der Waals surface area contributed by atoms with Crippen LogP contribution in [-0.4, -0.2) is 23.6 Å². The van der Waals surface area contributed by atoms with Crippen LogP contribution < -0.4 is 16.2 Å². The number of anilines is 2. The Kier molecular flexibility index (Phi) is 2.60. The number of hydrazine groups is 1. The fourth-order valence-electron chi connectivity index (χ4n) is 2.28. The molecule has 1 aliphatic rings. The highest BCUT2D eigenvalue weighted by molar-refractivity contribution is 5.67. The van der Waals surface area contributed by atoms with Gasteiger partial charge in [0.05, 0.1) is 0 Å². The number of fused-ring (bicyclic) bond motifs is 1. The average molecular weight is 241 g/mol. The number of nitrogen functional groups attached to an aromatic ring is 1. The molecule has 0 fully saturated rings. The minimum atomic E-state index is 0.623. The van der Waals surface area contributed by atoms with E-state index in [2.05, 4.69) is 45.5 Å². The number of aromatic nitrogens is 2. The zero-order valence-electron chi connectivity index (χ0n) is 10.2. The molecule has 0 radical (unpaired) electrons. The second-order valence-corrected chi connectivity index (χ2v) is 4.42. The lowest BCUT2D eigenvalue weighted by Crippen LogP contribution is -2.12. The Bertz CT molecular complexity index is 581. The molecule has 3 N–H and O–H groups in total. The maximum Gasteiger partial charge on any atom is 0.161 e. The molecule has 0 spiro atoms. The minimum Gasteiger partial charge on any atom is -0.374 e. The smallest absolute Gasteiger partial charge is 0.161 e. The summed E-state index contributed by atoms with van der Waals surface area (Å²) in [5, 5.41) is 0. The van der Waals surface area contributed by atoms with Gasteiger partial charge in [-0.2, -0.15) is 0 Å². The van der Waals surface area contributed by atoms with Crippen LogP contribution >= 0.6 is 0 Å². The third-order valence-electron chi connectivity index (χ3n) is 3.27. The Morgan fingerprint density at radius 3 is 3.06 bits per heavy atom. The first-order valence-electron chi connectivity index (χ1n) is 5.92. The molecule has 0 aliphatic carbocycles. The average Bonchev–Trinajstić information content (AvgIpc) is 2.80. The van der Waals surface area contributed by atoms with Crippen LogP contribution in [0.4, 0.5) is 11.5 Å². The van der Waals surface area contributed by atoms with Gasteiger partial charge in [-0.3, -0.25) is 0 Å². The van der Waals surface area contributed by atoms with E-state index >= 15 is 0 Å². The van der Waals surface area contributed by atoms with Crippen LogP contribution in [-0.2, 0) is 6.42 Å². The molecule has 3 rings (SSSR count). The van der Waals surface area contributed by atoms with Crippen LogP contribution in [0.2, 0.25) is 0 Å². The zero-order valence-corrected chi connectivity index (χ0v) is 10.2. The summed E-state index contributed by atoms with van der Waals surface area (Å²) in [7, 11) is 2.11. The highest BCUT2D eigenvalue weighted by Gasteiger charge is 2.16. The molecule has 1 aromatic carbocycles. The molecule has 18 heavy (non-hydrogen) atoms. The maximum atomic E-state index is 5.36. The van der Waals surface area contributed by atoms with Crippen LogP contribution in [0.1, 0.15) is 5.56 Å². The van der Waals surface area contributed by atoms with Gasteiger partial charge >= 0.3 is 0 Å². The Hall–Kier alpha value is -2.14. The van der Waals surface area contributed by atoms with Crippen molar-refractivity contribution in [1.82, 2.24) is 9.97 Å². The van der Waals surface area contributed by atoms with Gasteiger partial charge in [0, 0.05) is 37.1 Å². The summed E-state index contributed by atoms with van der Waals surface area (Å²) < 4.78 is 0. The van der Waals surface area contributed by atoms with Gasteiger partial charge in [-0.1, -0.05) is 0 Å². The Morgan fingerprint density at radius 1 is 1.33 bits per heavy atom. The third-order valence-corrected chi connectivity index (χ3v) is 3.27. The standard InChI is InChI=1S/C13H15N5/c1-18-7-5-9-8-10(2-3-11(9)18)13-15-6-4-12(16-13)17-14/h2-4,6,8H,5,7,14H2,1H3,(H,15,16,17). The monoisotopic (exact) mass is 241 g/mol. The van der Waals surface area contributed by atoms with Gasteiger partial charge in [0.15, 0.2) is 5.82 Å². The van der Waals surface area contributed by atoms with E-state index in [9.17, 15) is 0 Å². The Balaban J connectivity index is 2.02. The van der Waals surface area contributed by atoms with Gasteiger partial charge in [-0.25, -0.2) is 15.8 Å². The number of benzene rings is 1. The van der Waals surface area contributed by atoms with Gasteiger partial charge in [-0.05, 0) is 30.2 Å². The molecule has 0 bridgehead atoms. The quantitative estimate of drug-likeness (QED) is 0.615. The van der Waals surface area contributed by atoms with Gasteiger partial charge in [0.1, 0.15) is 5.82 Å². The molecular formula is C13H15N5. The van der Waals surface area contributed by atoms with E-state index in [1.807, 2.05) is 0 Å². The normalized spacial score (nSPS) is 13.6. The molecule has 0 atom stereocenters. The van der Waals surface area contributed by atoms with Crippen molar-refractivity contribution in [1.29, 1.82) is 0 Å². The number of nitrogens with one attached hydrogen (secondary N) is 1. The van der Waals surface area contributed by atoms with Crippen molar-refractivity contribution < 1.29 is 0 Å². The third kappa shape index (κ3) is 1.78. The molecule has 0 saturated heterocycles. The van der Waals surface area contributed by atoms with Crippen molar-refractivity contribution in [3.63, 3.8) is 0 Å². The first kappa shape index (κ1) is 11.0. The number of hydrogen-bond donors (Lipinski definition) is 2. The Labute approximate surface area is 106 Å². The number of likely N-dealkylation sites (N-methyl/N-ethyl adjacent to an activating group) is 1. The van der Waals surface area contributed by atoms with Crippen molar-refractivity contribution >= 4 is 11.5 Å². The fourth-order valence-corrected chi connectivity index (χ4v) is 2.28.